The van der Waals surface area contributed by atoms with Gasteiger partial charge in [-0.3, -0.25) is 4.79 Å². The molecule has 0 bridgehead atoms. The summed E-state index contributed by atoms with van der Waals surface area (Å²) in [4.78, 5) is 14.9. The van der Waals surface area contributed by atoms with Gasteiger partial charge in [-0.1, -0.05) is 23.7 Å². The Bertz CT molecular complexity index is 1010. The number of carbonyl (C=O) groups excluding carboxylic acids is 1. The summed E-state index contributed by atoms with van der Waals surface area (Å²) >= 11 is 6.07. The molecule has 2 aliphatic rings. The number of benzene rings is 2. The fourth-order valence-corrected chi connectivity index (χ4v) is 4.15. The Morgan fingerprint density at radius 2 is 2.00 bits per heavy atom. The number of halogens is 1. The van der Waals surface area contributed by atoms with Gasteiger partial charge in [0.25, 0.3) is 0 Å². The van der Waals surface area contributed by atoms with Crippen molar-refractivity contribution in [1.29, 1.82) is 0 Å². The van der Waals surface area contributed by atoms with Gasteiger partial charge in [0, 0.05) is 23.2 Å². The van der Waals surface area contributed by atoms with Crippen LogP contribution in [0.4, 0.5) is 0 Å². The lowest BCUT2D eigenvalue weighted by atomic mass is 10.0. The molecule has 1 unspecified atom stereocenters. The highest BCUT2D eigenvalue weighted by molar-refractivity contribution is 6.30. The largest absolute Gasteiger partial charge is 0.493 e. The third-order valence-corrected chi connectivity index (χ3v) is 5.71. The molecule has 1 saturated heterocycles. The molecular formula is C24H24ClNO4. The van der Waals surface area contributed by atoms with E-state index in [2.05, 4.69) is 0 Å². The maximum atomic E-state index is 12.9. The monoisotopic (exact) mass is 425 g/mol. The van der Waals surface area contributed by atoms with Crippen LogP contribution in [-0.2, 0) is 4.79 Å². The van der Waals surface area contributed by atoms with Crippen molar-refractivity contribution in [2.45, 2.75) is 18.9 Å². The van der Waals surface area contributed by atoms with Gasteiger partial charge in [-0.2, -0.15) is 0 Å². The Morgan fingerprint density at radius 3 is 2.80 bits per heavy atom. The van der Waals surface area contributed by atoms with Gasteiger partial charge in [0.1, 0.15) is 12.4 Å². The van der Waals surface area contributed by atoms with Crippen LogP contribution in [0.15, 0.2) is 54.1 Å². The summed E-state index contributed by atoms with van der Waals surface area (Å²) in [5.41, 5.74) is 2.90. The first kappa shape index (κ1) is 20.4. The zero-order valence-corrected chi connectivity index (χ0v) is 17.8. The summed E-state index contributed by atoms with van der Waals surface area (Å²) < 4.78 is 16.5. The van der Waals surface area contributed by atoms with Gasteiger partial charge in [0.2, 0.25) is 5.91 Å². The van der Waals surface area contributed by atoms with Crippen molar-refractivity contribution in [2.75, 3.05) is 27.4 Å². The highest BCUT2D eigenvalue weighted by atomic mass is 35.5. The van der Waals surface area contributed by atoms with E-state index in [9.17, 15) is 4.79 Å². The molecule has 1 fully saturated rings. The van der Waals surface area contributed by atoms with Gasteiger partial charge in [-0.05, 0) is 60.4 Å². The molecule has 0 saturated carbocycles. The SMILES string of the molecule is COc1ccc(C2CCCN2C(=O)/C=C/C2=Cc3cc(Cl)ccc3OC2)cc1OC. The molecule has 0 aromatic heterocycles. The molecule has 156 valence electrons. The van der Waals surface area contributed by atoms with Crippen LogP contribution in [0.25, 0.3) is 6.08 Å². The van der Waals surface area contributed by atoms with Gasteiger partial charge < -0.3 is 19.1 Å². The van der Waals surface area contributed by atoms with Gasteiger partial charge in [-0.15, -0.1) is 0 Å². The maximum absolute atomic E-state index is 12.9. The first-order valence-corrected chi connectivity index (χ1v) is 10.3. The van der Waals surface area contributed by atoms with Gasteiger partial charge in [0.15, 0.2) is 11.5 Å². The number of hydrogen-bond acceptors (Lipinski definition) is 4. The summed E-state index contributed by atoms with van der Waals surface area (Å²) in [6.45, 7) is 1.16. The molecule has 2 aliphatic heterocycles. The van der Waals surface area contributed by atoms with Gasteiger partial charge in [0.05, 0.1) is 20.3 Å². The maximum Gasteiger partial charge on any atom is 0.247 e. The van der Waals surface area contributed by atoms with Crippen LogP contribution in [0.5, 0.6) is 17.2 Å². The number of hydrogen-bond donors (Lipinski definition) is 0. The molecule has 2 aromatic carbocycles. The van der Waals surface area contributed by atoms with Crippen LogP contribution in [0.2, 0.25) is 5.02 Å². The van der Waals surface area contributed by atoms with E-state index in [1.54, 1.807) is 26.4 Å². The van der Waals surface area contributed by atoms with Crippen molar-refractivity contribution >= 4 is 23.6 Å². The Kier molecular flexibility index (Phi) is 6.00. The number of likely N-dealkylation sites (tertiary alicyclic amines) is 1. The number of carbonyl (C=O) groups is 1. The second-order valence-corrected chi connectivity index (χ2v) is 7.76. The lowest BCUT2D eigenvalue weighted by Crippen LogP contribution is -2.29. The fraction of sp³-hybridized carbons (Fsp3) is 0.292. The topological polar surface area (TPSA) is 48.0 Å². The summed E-state index contributed by atoms with van der Waals surface area (Å²) in [5.74, 6) is 2.15. The minimum absolute atomic E-state index is 0.00919. The first-order chi connectivity index (χ1) is 14.6. The van der Waals surface area contributed by atoms with E-state index in [0.717, 1.165) is 41.8 Å². The number of fused-ring (bicyclic) bond motifs is 1. The highest BCUT2D eigenvalue weighted by Gasteiger charge is 2.29. The summed E-state index contributed by atoms with van der Waals surface area (Å²) in [6.07, 6.45) is 7.35. The Hall–Kier alpha value is -2.92. The van der Waals surface area contributed by atoms with E-state index in [-0.39, 0.29) is 11.9 Å². The average Bonchev–Trinajstić information content (AvgIpc) is 3.26. The molecule has 4 rings (SSSR count). The van der Waals surface area contributed by atoms with Gasteiger partial charge >= 0.3 is 0 Å². The molecule has 1 atom stereocenters. The van der Waals surface area contributed by atoms with Crippen LogP contribution >= 0.6 is 11.6 Å². The van der Waals surface area contributed by atoms with Crippen molar-refractivity contribution < 1.29 is 19.0 Å². The van der Waals surface area contributed by atoms with Crippen LogP contribution in [0.1, 0.15) is 30.0 Å². The molecule has 2 heterocycles. The predicted molar refractivity (Wildman–Crippen MR) is 117 cm³/mol. The summed E-state index contributed by atoms with van der Waals surface area (Å²) in [6, 6.07) is 11.4. The molecule has 30 heavy (non-hydrogen) atoms. The Balaban J connectivity index is 1.50. The standard InChI is InChI=1S/C24H24ClNO4/c1-28-22-8-6-17(14-23(22)29-2)20-4-3-11-26(20)24(27)10-5-16-12-18-13-19(25)7-9-21(18)30-15-16/h5-10,12-14,20H,3-4,11,15H2,1-2H3/b10-5+. The lowest BCUT2D eigenvalue weighted by molar-refractivity contribution is -0.126. The average molecular weight is 426 g/mol. The number of rotatable bonds is 5. The summed E-state index contributed by atoms with van der Waals surface area (Å²) in [5, 5.41) is 0.657. The van der Waals surface area contributed by atoms with Crippen molar-refractivity contribution in [3.63, 3.8) is 0 Å². The number of ether oxygens (including phenoxy) is 3. The van der Waals surface area contributed by atoms with Crippen LogP contribution in [-0.4, -0.2) is 38.2 Å². The van der Waals surface area contributed by atoms with Crippen LogP contribution in [0.3, 0.4) is 0 Å². The number of amides is 1. The van der Waals surface area contributed by atoms with E-state index >= 15 is 0 Å². The second kappa shape index (κ2) is 8.84. The quantitative estimate of drug-likeness (QED) is 0.629. The van der Waals surface area contributed by atoms with Crippen molar-refractivity contribution in [3.05, 3.63) is 70.3 Å². The summed E-state index contributed by atoms with van der Waals surface area (Å²) in [7, 11) is 3.23. The van der Waals surface area contributed by atoms with E-state index in [1.165, 1.54) is 0 Å². The highest BCUT2D eigenvalue weighted by Crippen LogP contribution is 2.37. The molecule has 0 N–H and O–H groups in total. The van der Waals surface area contributed by atoms with Crippen molar-refractivity contribution in [1.82, 2.24) is 4.90 Å². The van der Waals surface area contributed by atoms with Crippen molar-refractivity contribution in [2.24, 2.45) is 0 Å². The minimum atomic E-state index is -0.00919. The normalized spacial score (nSPS) is 18.0. The molecule has 1 amide bonds. The van der Waals surface area contributed by atoms with E-state index < -0.39 is 0 Å². The molecule has 6 heteroatoms. The van der Waals surface area contributed by atoms with Crippen LogP contribution in [0, 0.1) is 0 Å². The van der Waals surface area contributed by atoms with E-state index in [1.807, 2.05) is 47.4 Å². The molecular weight excluding hydrogens is 402 g/mol. The Morgan fingerprint density at radius 1 is 1.17 bits per heavy atom. The molecule has 0 spiro atoms. The van der Waals surface area contributed by atoms with Gasteiger partial charge in [-0.25, -0.2) is 0 Å². The molecule has 0 radical (unpaired) electrons. The lowest BCUT2D eigenvalue weighted by Gasteiger charge is -2.24. The third-order valence-electron chi connectivity index (χ3n) is 5.48. The molecule has 2 aromatic rings. The minimum Gasteiger partial charge on any atom is -0.493 e. The van der Waals surface area contributed by atoms with E-state index in [4.69, 9.17) is 25.8 Å². The van der Waals surface area contributed by atoms with Crippen molar-refractivity contribution in [3.8, 4) is 17.2 Å². The second-order valence-electron chi connectivity index (χ2n) is 7.33. The zero-order valence-electron chi connectivity index (χ0n) is 17.1. The first-order valence-electron chi connectivity index (χ1n) is 9.92. The fourth-order valence-electron chi connectivity index (χ4n) is 3.97. The number of methoxy groups -OCH3 is 2. The molecule has 0 aliphatic carbocycles. The van der Waals surface area contributed by atoms with Crippen LogP contribution < -0.4 is 14.2 Å². The predicted octanol–water partition coefficient (Wildman–Crippen LogP) is 5.05. The Labute approximate surface area is 181 Å². The third kappa shape index (κ3) is 4.17. The zero-order chi connectivity index (χ0) is 21.1. The molecule has 5 nitrogen and oxygen atoms in total. The smallest absolute Gasteiger partial charge is 0.247 e. The number of nitrogens with zero attached hydrogens (tertiary/aromatic N) is 1. The van der Waals surface area contributed by atoms with E-state index in [0.29, 0.717) is 23.1 Å².